The third-order valence-corrected chi connectivity index (χ3v) is 3.68. The normalized spacial score (nSPS) is 12.2. The van der Waals surface area contributed by atoms with Crippen LogP contribution in [0.15, 0.2) is 18.3 Å². The highest BCUT2D eigenvalue weighted by Gasteiger charge is 2.33. The van der Waals surface area contributed by atoms with Crippen LogP contribution in [0.25, 0.3) is 16.0 Å². The molecule has 3 aromatic rings. The van der Waals surface area contributed by atoms with Crippen LogP contribution < -0.4 is 0 Å². The maximum atomic E-state index is 12.6. The molecule has 4 nitrogen and oxygen atoms in total. The van der Waals surface area contributed by atoms with Gasteiger partial charge in [0.05, 0.1) is 5.39 Å². The van der Waals surface area contributed by atoms with Crippen LogP contribution >= 0.6 is 22.9 Å². The number of halogens is 4. The molecule has 0 amide bonds. The molecule has 0 aliphatic carbocycles. The van der Waals surface area contributed by atoms with Crippen LogP contribution in [0.4, 0.5) is 13.2 Å². The Kier molecular flexibility index (Phi) is 2.94. The fourth-order valence-electron chi connectivity index (χ4n) is 1.77. The van der Waals surface area contributed by atoms with Crippen molar-refractivity contribution < 1.29 is 13.2 Å². The van der Waals surface area contributed by atoms with Gasteiger partial charge in [0.2, 0.25) is 5.28 Å². The van der Waals surface area contributed by atoms with Crippen LogP contribution in [0.5, 0.6) is 0 Å². The highest BCUT2D eigenvalue weighted by Crippen LogP contribution is 2.31. The van der Waals surface area contributed by atoms with Gasteiger partial charge in [-0.05, 0) is 30.7 Å². The zero-order valence-electron chi connectivity index (χ0n) is 9.94. The maximum Gasteiger partial charge on any atom is 0.435 e. The summed E-state index contributed by atoms with van der Waals surface area (Å²) in [5.74, 6) is 0.236. The number of aryl methyl sites for hydroxylation is 1. The van der Waals surface area contributed by atoms with E-state index in [1.165, 1.54) is 17.5 Å². The molecule has 0 radical (unpaired) electrons. The van der Waals surface area contributed by atoms with Crippen molar-refractivity contribution in [3.8, 4) is 5.82 Å². The van der Waals surface area contributed by atoms with Gasteiger partial charge >= 0.3 is 6.18 Å². The lowest BCUT2D eigenvalue weighted by Crippen LogP contribution is -2.08. The third-order valence-electron chi connectivity index (χ3n) is 2.57. The van der Waals surface area contributed by atoms with E-state index in [4.69, 9.17) is 11.6 Å². The molecule has 0 aliphatic heterocycles. The van der Waals surface area contributed by atoms with Gasteiger partial charge in [0.1, 0.15) is 4.83 Å². The molecular weight excluding hydrogens is 313 g/mol. The number of hydrogen-bond acceptors (Lipinski definition) is 4. The molecule has 0 N–H and O–H groups in total. The van der Waals surface area contributed by atoms with E-state index in [1.54, 1.807) is 6.07 Å². The number of aromatic nitrogens is 4. The molecule has 0 saturated carbocycles. The van der Waals surface area contributed by atoms with Gasteiger partial charge in [-0.1, -0.05) is 0 Å². The van der Waals surface area contributed by atoms with Gasteiger partial charge in [-0.15, -0.1) is 11.3 Å². The Morgan fingerprint density at radius 3 is 2.70 bits per heavy atom. The van der Waals surface area contributed by atoms with E-state index >= 15 is 0 Å². The minimum absolute atomic E-state index is 0.0293. The Labute approximate surface area is 119 Å². The second-order valence-corrected chi connectivity index (χ2v) is 5.61. The second-order valence-electron chi connectivity index (χ2n) is 4.04. The highest BCUT2D eigenvalue weighted by atomic mass is 35.5. The zero-order valence-corrected chi connectivity index (χ0v) is 11.5. The van der Waals surface area contributed by atoms with Crippen LogP contribution in [0.1, 0.15) is 10.6 Å². The van der Waals surface area contributed by atoms with Gasteiger partial charge in [0.25, 0.3) is 0 Å². The zero-order chi connectivity index (χ0) is 14.5. The van der Waals surface area contributed by atoms with Crippen LogP contribution in [0.3, 0.4) is 0 Å². The van der Waals surface area contributed by atoms with Gasteiger partial charge in [-0.3, -0.25) is 0 Å². The molecule has 3 rings (SSSR count). The SMILES string of the molecule is Cc1cc2c(-n3ccc(C(F)(F)F)n3)nc(Cl)nc2s1. The Hall–Kier alpha value is -1.67. The average Bonchev–Trinajstić information content (AvgIpc) is 2.92. The Bertz CT molecular complexity index is 793. The van der Waals surface area contributed by atoms with E-state index < -0.39 is 11.9 Å². The largest absolute Gasteiger partial charge is 0.435 e. The summed E-state index contributed by atoms with van der Waals surface area (Å²) in [6, 6.07) is 2.68. The Morgan fingerprint density at radius 1 is 1.30 bits per heavy atom. The summed E-state index contributed by atoms with van der Waals surface area (Å²) in [5, 5.41) is 4.09. The van der Waals surface area contributed by atoms with Crippen LogP contribution in [-0.2, 0) is 6.18 Å². The van der Waals surface area contributed by atoms with E-state index in [2.05, 4.69) is 15.1 Å². The molecule has 0 aliphatic rings. The molecule has 3 aromatic heterocycles. The average molecular weight is 319 g/mol. The number of nitrogens with zero attached hydrogens (tertiary/aromatic N) is 4. The summed E-state index contributed by atoms with van der Waals surface area (Å²) in [6.45, 7) is 1.87. The first-order valence-electron chi connectivity index (χ1n) is 5.41. The van der Waals surface area contributed by atoms with Gasteiger partial charge in [0.15, 0.2) is 11.5 Å². The molecule has 20 heavy (non-hydrogen) atoms. The molecule has 0 atom stereocenters. The van der Waals surface area contributed by atoms with Crippen molar-refractivity contribution in [1.29, 1.82) is 0 Å². The molecular formula is C11H6ClF3N4S. The van der Waals surface area contributed by atoms with Crippen molar-refractivity contribution in [3.63, 3.8) is 0 Å². The van der Waals surface area contributed by atoms with Crippen LogP contribution in [0.2, 0.25) is 5.28 Å². The number of alkyl halides is 3. The smallest absolute Gasteiger partial charge is 0.221 e. The van der Waals surface area contributed by atoms with Crippen molar-refractivity contribution in [2.75, 3.05) is 0 Å². The van der Waals surface area contributed by atoms with E-state index in [-0.39, 0.29) is 11.1 Å². The fourth-order valence-corrected chi connectivity index (χ4v) is 2.86. The molecule has 0 unspecified atom stereocenters. The summed E-state index contributed by atoms with van der Waals surface area (Å²) in [6.07, 6.45) is -3.29. The fraction of sp³-hybridized carbons (Fsp3) is 0.182. The van der Waals surface area contributed by atoms with E-state index in [9.17, 15) is 13.2 Å². The van der Waals surface area contributed by atoms with Crippen molar-refractivity contribution in [2.45, 2.75) is 13.1 Å². The first kappa shape index (κ1) is 13.3. The Balaban J connectivity index is 2.21. The summed E-state index contributed by atoms with van der Waals surface area (Å²) in [5.41, 5.74) is -0.979. The molecule has 9 heteroatoms. The molecule has 0 saturated heterocycles. The van der Waals surface area contributed by atoms with E-state index in [0.717, 1.165) is 15.6 Å². The number of hydrogen-bond donors (Lipinski definition) is 0. The van der Waals surface area contributed by atoms with E-state index in [0.29, 0.717) is 10.2 Å². The molecule has 104 valence electrons. The number of fused-ring (bicyclic) bond motifs is 1. The van der Waals surface area contributed by atoms with Crippen LogP contribution in [-0.4, -0.2) is 19.7 Å². The van der Waals surface area contributed by atoms with Crippen molar-refractivity contribution in [3.05, 3.63) is 34.2 Å². The van der Waals surface area contributed by atoms with Crippen molar-refractivity contribution >= 4 is 33.2 Å². The molecule has 0 spiro atoms. The molecule has 0 bridgehead atoms. The van der Waals surface area contributed by atoms with Gasteiger partial charge < -0.3 is 0 Å². The quantitative estimate of drug-likeness (QED) is 0.640. The Morgan fingerprint density at radius 2 is 2.05 bits per heavy atom. The third kappa shape index (κ3) is 2.25. The lowest BCUT2D eigenvalue weighted by molar-refractivity contribution is -0.141. The minimum atomic E-state index is -4.49. The summed E-state index contributed by atoms with van der Waals surface area (Å²) >= 11 is 7.19. The summed E-state index contributed by atoms with van der Waals surface area (Å²) < 4.78 is 38.8. The summed E-state index contributed by atoms with van der Waals surface area (Å²) in [7, 11) is 0. The predicted octanol–water partition coefficient (Wildman–Crippen LogP) is 3.86. The molecule has 3 heterocycles. The first-order chi connectivity index (χ1) is 9.34. The lowest BCUT2D eigenvalue weighted by Gasteiger charge is -2.03. The maximum absolute atomic E-state index is 12.6. The van der Waals surface area contributed by atoms with Gasteiger partial charge in [-0.25, -0.2) is 9.67 Å². The van der Waals surface area contributed by atoms with Crippen molar-refractivity contribution in [1.82, 2.24) is 19.7 Å². The second kappa shape index (κ2) is 4.42. The highest BCUT2D eigenvalue weighted by molar-refractivity contribution is 7.18. The van der Waals surface area contributed by atoms with Gasteiger partial charge in [-0.2, -0.15) is 23.3 Å². The molecule has 0 fully saturated rings. The monoisotopic (exact) mass is 318 g/mol. The van der Waals surface area contributed by atoms with Crippen molar-refractivity contribution in [2.24, 2.45) is 0 Å². The minimum Gasteiger partial charge on any atom is -0.221 e. The first-order valence-corrected chi connectivity index (χ1v) is 6.61. The molecule has 0 aromatic carbocycles. The number of thiophene rings is 1. The van der Waals surface area contributed by atoms with Gasteiger partial charge in [0, 0.05) is 11.1 Å². The lowest BCUT2D eigenvalue weighted by atomic mass is 10.3. The van der Waals surface area contributed by atoms with Crippen LogP contribution in [0, 0.1) is 6.92 Å². The topological polar surface area (TPSA) is 43.6 Å². The van der Waals surface area contributed by atoms with E-state index in [1.807, 2.05) is 6.92 Å². The predicted molar refractivity (Wildman–Crippen MR) is 69.3 cm³/mol. The summed E-state index contributed by atoms with van der Waals surface area (Å²) in [4.78, 5) is 9.59. The standard InChI is InChI=1S/C11H6ClF3N4S/c1-5-4-6-8(16-10(12)17-9(6)20-5)19-3-2-7(18-19)11(13,14)15/h2-4H,1H3. The number of rotatable bonds is 1.